The van der Waals surface area contributed by atoms with Crippen LogP contribution in [-0.2, 0) is 4.79 Å². The molecule has 0 aromatic heterocycles. The van der Waals surface area contributed by atoms with Crippen LogP contribution >= 0.6 is 0 Å². The molecule has 0 bridgehead atoms. The molecule has 4 rings (SSSR count). The zero-order chi connectivity index (χ0) is 17.9. The number of hydrogen-bond acceptors (Lipinski definition) is 2. The van der Waals surface area contributed by atoms with E-state index >= 15 is 0 Å². The van der Waals surface area contributed by atoms with Crippen molar-refractivity contribution >= 4 is 12.0 Å². The van der Waals surface area contributed by atoms with Gasteiger partial charge in [-0.25, -0.2) is 0 Å². The van der Waals surface area contributed by atoms with E-state index in [0.717, 1.165) is 51.0 Å². The van der Waals surface area contributed by atoms with Gasteiger partial charge in [-0.3, -0.25) is 9.69 Å². The number of rotatable bonds is 4. The molecule has 3 nitrogen and oxygen atoms in total. The van der Waals surface area contributed by atoms with Crippen LogP contribution < -0.4 is 0 Å². The fourth-order valence-corrected chi connectivity index (χ4v) is 5.54. The van der Waals surface area contributed by atoms with E-state index in [0.29, 0.717) is 17.7 Å². The largest absolute Gasteiger partial charge is 0.340 e. The van der Waals surface area contributed by atoms with Gasteiger partial charge in [0.15, 0.2) is 0 Å². The van der Waals surface area contributed by atoms with Gasteiger partial charge < -0.3 is 4.90 Å². The average molecular weight is 353 g/mol. The molecular weight excluding hydrogens is 320 g/mol. The van der Waals surface area contributed by atoms with Crippen LogP contribution in [0.5, 0.6) is 0 Å². The Balaban J connectivity index is 1.26. The molecule has 4 atom stereocenters. The average Bonchev–Trinajstić information content (AvgIpc) is 3.27. The number of fused-ring (bicyclic) bond motifs is 1. The molecule has 0 N–H and O–H groups in total. The zero-order valence-corrected chi connectivity index (χ0v) is 16.0. The molecular formula is C23H32N2O. The third-order valence-corrected chi connectivity index (χ3v) is 6.97. The highest BCUT2D eigenvalue weighted by Gasteiger charge is 2.47. The van der Waals surface area contributed by atoms with Crippen molar-refractivity contribution in [3.63, 3.8) is 0 Å². The van der Waals surface area contributed by atoms with Gasteiger partial charge in [0.2, 0.25) is 5.91 Å². The maximum atomic E-state index is 13.1. The van der Waals surface area contributed by atoms with Gasteiger partial charge in [-0.05, 0) is 42.6 Å². The minimum Gasteiger partial charge on any atom is -0.340 e. The second-order valence-corrected chi connectivity index (χ2v) is 8.52. The predicted octanol–water partition coefficient (Wildman–Crippen LogP) is 3.92. The van der Waals surface area contributed by atoms with Crippen LogP contribution in [0.4, 0.5) is 0 Å². The summed E-state index contributed by atoms with van der Waals surface area (Å²) in [6, 6.07) is 10.5. The summed E-state index contributed by atoms with van der Waals surface area (Å²) in [6.45, 7) is 7.15. The summed E-state index contributed by atoms with van der Waals surface area (Å²) < 4.78 is 0. The molecule has 0 radical (unpaired) electrons. The first-order valence-electron chi connectivity index (χ1n) is 10.4. The van der Waals surface area contributed by atoms with Crippen LogP contribution in [0.1, 0.15) is 38.2 Å². The third-order valence-electron chi connectivity index (χ3n) is 6.97. The van der Waals surface area contributed by atoms with Gasteiger partial charge in [-0.2, -0.15) is 0 Å². The lowest BCUT2D eigenvalue weighted by molar-refractivity contribution is -0.138. The van der Waals surface area contributed by atoms with Gasteiger partial charge in [0.05, 0.1) is 0 Å². The fourth-order valence-electron chi connectivity index (χ4n) is 5.54. The van der Waals surface area contributed by atoms with Crippen molar-refractivity contribution < 1.29 is 4.79 Å². The molecule has 2 saturated carbocycles. The van der Waals surface area contributed by atoms with Crippen molar-refractivity contribution in [1.82, 2.24) is 9.80 Å². The van der Waals surface area contributed by atoms with Crippen LogP contribution in [0.25, 0.3) is 6.08 Å². The number of benzene rings is 1. The van der Waals surface area contributed by atoms with Crippen LogP contribution in [0.3, 0.4) is 0 Å². The van der Waals surface area contributed by atoms with Crippen LogP contribution in [0.2, 0.25) is 0 Å². The smallest absolute Gasteiger partial charge is 0.226 e. The predicted molar refractivity (Wildman–Crippen MR) is 107 cm³/mol. The van der Waals surface area contributed by atoms with Crippen LogP contribution in [0, 0.1) is 23.7 Å². The molecule has 1 aromatic rings. The topological polar surface area (TPSA) is 23.6 Å². The van der Waals surface area contributed by atoms with E-state index in [2.05, 4.69) is 53.1 Å². The first kappa shape index (κ1) is 17.8. The summed E-state index contributed by atoms with van der Waals surface area (Å²) in [5.74, 6) is 3.05. The van der Waals surface area contributed by atoms with Gasteiger partial charge >= 0.3 is 0 Å². The second-order valence-electron chi connectivity index (χ2n) is 8.52. The van der Waals surface area contributed by atoms with Gasteiger partial charge in [0.25, 0.3) is 0 Å². The highest BCUT2D eigenvalue weighted by Crippen LogP contribution is 2.51. The minimum atomic E-state index is 0.321. The lowest BCUT2D eigenvalue weighted by Crippen LogP contribution is -2.50. The summed E-state index contributed by atoms with van der Waals surface area (Å²) in [5, 5.41) is 0. The van der Waals surface area contributed by atoms with Gasteiger partial charge in [0.1, 0.15) is 0 Å². The van der Waals surface area contributed by atoms with E-state index in [1.54, 1.807) is 0 Å². The normalized spacial score (nSPS) is 32.3. The Kier molecular flexibility index (Phi) is 5.44. The third kappa shape index (κ3) is 3.73. The number of piperazine rings is 1. The highest BCUT2D eigenvalue weighted by atomic mass is 16.2. The maximum absolute atomic E-state index is 13.1. The van der Waals surface area contributed by atoms with Gasteiger partial charge in [-0.15, -0.1) is 0 Å². The molecule has 4 unspecified atom stereocenters. The van der Waals surface area contributed by atoms with E-state index < -0.39 is 0 Å². The summed E-state index contributed by atoms with van der Waals surface area (Å²) in [6.07, 6.45) is 9.55. The van der Waals surface area contributed by atoms with Gasteiger partial charge in [-0.1, -0.05) is 55.8 Å². The summed E-state index contributed by atoms with van der Waals surface area (Å²) in [5.41, 5.74) is 1.25. The number of carbonyl (C=O) groups is 1. The van der Waals surface area contributed by atoms with Crippen molar-refractivity contribution in [1.29, 1.82) is 0 Å². The van der Waals surface area contributed by atoms with Crippen LogP contribution in [0.15, 0.2) is 36.4 Å². The molecule has 0 spiro atoms. The minimum absolute atomic E-state index is 0.321. The van der Waals surface area contributed by atoms with E-state index in [1.165, 1.54) is 24.8 Å². The first-order chi connectivity index (χ1) is 12.7. The Labute approximate surface area is 158 Å². The molecule has 1 saturated heterocycles. The van der Waals surface area contributed by atoms with E-state index in [1.807, 2.05) is 6.07 Å². The summed E-state index contributed by atoms with van der Waals surface area (Å²) >= 11 is 0. The van der Waals surface area contributed by atoms with E-state index in [9.17, 15) is 4.79 Å². The fraction of sp³-hybridized carbons (Fsp3) is 0.609. The number of carbonyl (C=O) groups excluding carboxylic acids is 1. The number of hydrogen-bond donors (Lipinski definition) is 0. The molecule has 1 aliphatic heterocycles. The lowest BCUT2D eigenvalue weighted by Gasteiger charge is -2.36. The monoisotopic (exact) mass is 352 g/mol. The molecule has 2 aliphatic carbocycles. The van der Waals surface area contributed by atoms with Crippen molar-refractivity contribution in [3.05, 3.63) is 42.0 Å². The lowest BCUT2D eigenvalue weighted by atomic mass is 9.90. The summed E-state index contributed by atoms with van der Waals surface area (Å²) in [7, 11) is 0. The van der Waals surface area contributed by atoms with Crippen molar-refractivity contribution in [2.75, 3.05) is 32.7 Å². The van der Waals surface area contributed by atoms with Crippen molar-refractivity contribution in [2.45, 2.75) is 32.6 Å². The Morgan fingerprint density at radius 3 is 2.58 bits per heavy atom. The maximum Gasteiger partial charge on any atom is 0.226 e. The number of amides is 1. The van der Waals surface area contributed by atoms with Gasteiger partial charge in [0, 0.05) is 38.6 Å². The molecule has 3 aliphatic rings. The standard InChI is InChI=1S/C23H32N2O/c1-18-17-22(21-11-5-10-20(18)21)23(26)25-15-13-24(14-16-25)12-6-9-19-7-3-2-4-8-19/h2-4,6-9,18,20-22H,5,10-17H2,1H3. The van der Waals surface area contributed by atoms with Crippen molar-refractivity contribution in [3.8, 4) is 0 Å². The molecule has 1 aromatic carbocycles. The Morgan fingerprint density at radius 2 is 1.81 bits per heavy atom. The molecule has 140 valence electrons. The van der Waals surface area contributed by atoms with Crippen molar-refractivity contribution in [2.24, 2.45) is 23.7 Å². The summed E-state index contributed by atoms with van der Waals surface area (Å²) in [4.78, 5) is 17.7. The van der Waals surface area contributed by atoms with E-state index in [4.69, 9.17) is 0 Å². The molecule has 1 heterocycles. The molecule has 26 heavy (non-hydrogen) atoms. The number of nitrogens with zero attached hydrogens (tertiary/aromatic N) is 2. The highest BCUT2D eigenvalue weighted by molar-refractivity contribution is 5.79. The molecule has 3 heteroatoms. The Hall–Kier alpha value is -1.61. The SMILES string of the molecule is CC1CC(C(=O)N2CCN(CC=Cc3ccccc3)CC2)C2CCCC12. The van der Waals surface area contributed by atoms with E-state index in [-0.39, 0.29) is 0 Å². The zero-order valence-electron chi connectivity index (χ0n) is 16.0. The van der Waals surface area contributed by atoms with Crippen LogP contribution in [-0.4, -0.2) is 48.4 Å². The quantitative estimate of drug-likeness (QED) is 0.820. The molecule has 3 fully saturated rings. The Morgan fingerprint density at radius 1 is 1.08 bits per heavy atom. The Bertz CT molecular complexity index is 633. The molecule has 1 amide bonds. The first-order valence-corrected chi connectivity index (χ1v) is 10.4. The second kappa shape index (κ2) is 7.96.